The van der Waals surface area contributed by atoms with Gasteiger partial charge in [-0.05, 0) is 31.5 Å². The van der Waals surface area contributed by atoms with Gasteiger partial charge in [0.2, 0.25) is 11.8 Å². The van der Waals surface area contributed by atoms with E-state index in [1.807, 2.05) is 4.90 Å². The Hall–Kier alpha value is -2.39. The molecule has 0 aromatic heterocycles. The number of nitrogens with zero attached hydrogens (tertiary/aromatic N) is 3. The molecule has 6 heteroatoms. The molecule has 2 amide bonds. The molecule has 2 fully saturated rings. The van der Waals surface area contributed by atoms with E-state index in [0.29, 0.717) is 37.2 Å². The van der Waals surface area contributed by atoms with Crippen LogP contribution >= 0.6 is 0 Å². The molecule has 0 radical (unpaired) electrons. The molecular weight excluding hydrogens is 304 g/mol. The number of rotatable bonds is 4. The molecule has 126 valence electrons. The fourth-order valence-electron chi connectivity index (χ4n) is 3.16. The Labute approximate surface area is 142 Å². The summed E-state index contributed by atoms with van der Waals surface area (Å²) in [4.78, 5) is 29.6. The lowest BCUT2D eigenvalue weighted by Gasteiger charge is -2.35. The van der Waals surface area contributed by atoms with Gasteiger partial charge in [0, 0.05) is 26.2 Å². The number of para-hydroxylation sites is 1. The van der Waals surface area contributed by atoms with E-state index >= 15 is 0 Å². The summed E-state index contributed by atoms with van der Waals surface area (Å²) in [5.41, 5.74) is -0.0535. The van der Waals surface area contributed by atoms with E-state index in [0.717, 1.165) is 19.6 Å². The average Bonchev–Trinajstić information content (AvgIpc) is 3.43. The number of carbonyl (C=O) groups is 2. The quantitative estimate of drug-likeness (QED) is 0.850. The van der Waals surface area contributed by atoms with E-state index in [2.05, 4.69) is 23.2 Å². The van der Waals surface area contributed by atoms with Gasteiger partial charge in [-0.25, -0.2) is 0 Å². The van der Waals surface area contributed by atoms with Gasteiger partial charge in [0.05, 0.1) is 11.3 Å². The minimum Gasteiger partial charge on any atom is -0.339 e. The first-order chi connectivity index (χ1) is 11.6. The van der Waals surface area contributed by atoms with Crippen molar-refractivity contribution in [2.75, 3.05) is 38.0 Å². The second kappa shape index (κ2) is 6.62. The van der Waals surface area contributed by atoms with E-state index < -0.39 is 5.41 Å². The number of carbonyl (C=O) groups excluding carboxylic acids is 2. The molecule has 0 atom stereocenters. The van der Waals surface area contributed by atoms with Gasteiger partial charge in [-0.1, -0.05) is 19.1 Å². The zero-order chi connectivity index (χ0) is 17.2. The number of nitrogens with one attached hydrogen (secondary N) is 1. The zero-order valence-electron chi connectivity index (χ0n) is 13.9. The van der Waals surface area contributed by atoms with Crippen molar-refractivity contribution in [2.45, 2.75) is 19.8 Å². The first-order valence-electron chi connectivity index (χ1n) is 8.43. The number of anilines is 1. The second-order valence-electron chi connectivity index (χ2n) is 6.42. The highest BCUT2D eigenvalue weighted by molar-refractivity contribution is 6.13. The fourth-order valence-corrected chi connectivity index (χ4v) is 3.16. The third-order valence-electron chi connectivity index (χ3n) is 5.00. The smallest absolute Gasteiger partial charge is 0.240 e. The van der Waals surface area contributed by atoms with Crippen LogP contribution in [-0.4, -0.2) is 54.3 Å². The number of hydrogen-bond acceptors (Lipinski definition) is 4. The van der Waals surface area contributed by atoms with E-state index in [1.165, 1.54) is 0 Å². The third-order valence-corrected chi connectivity index (χ3v) is 5.00. The number of amides is 2. The van der Waals surface area contributed by atoms with E-state index in [9.17, 15) is 9.59 Å². The number of hydrogen-bond donors (Lipinski definition) is 1. The Bertz CT molecular complexity index is 683. The number of piperazine rings is 1. The van der Waals surface area contributed by atoms with Crippen LogP contribution in [0.15, 0.2) is 24.3 Å². The molecule has 24 heavy (non-hydrogen) atoms. The summed E-state index contributed by atoms with van der Waals surface area (Å²) in [5, 5.41) is 11.9. The molecule has 1 aliphatic heterocycles. The molecule has 1 saturated carbocycles. The van der Waals surface area contributed by atoms with Crippen molar-refractivity contribution in [3.05, 3.63) is 29.8 Å². The normalized spacial score (nSPS) is 19.4. The summed E-state index contributed by atoms with van der Waals surface area (Å²) in [7, 11) is 0. The molecule has 0 spiro atoms. The first kappa shape index (κ1) is 16.5. The Kier molecular flexibility index (Phi) is 4.54. The highest BCUT2D eigenvalue weighted by Gasteiger charge is 2.58. The Morgan fingerprint density at radius 3 is 2.46 bits per heavy atom. The van der Waals surface area contributed by atoms with Crippen molar-refractivity contribution >= 4 is 17.5 Å². The zero-order valence-corrected chi connectivity index (χ0v) is 13.9. The van der Waals surface area contributed by atoms with Crippen molar-refractivity contribution < 1.29 is 9.59 Å². The molecule has 1 aliphatic carbocycles. The molecule has 3 rings (SSSR count). The highest BCUT2D eigenvalue weighted by atomic mass is 16.2. The van der Waals surface area contributed by atoms with E-state index in [-0.39, 0.29) is 11.8 Å². The predicted molar refractivity (Wildman–Crippen MR) is 90.1 cm³/mol. The predicted octanol–water partition coefficient (Wildman–Crippen LogP) is 1.44. The molecule has 2 aliphatic rings. The minimum atomic E-state index is -0.934. The van der Waals surface area contributed by atoms with Gasteiger partial charge in [-0.15, -0.1) is 0 Å². The van der Waals surface area contributed by atoms with E-state index in [4.69, 9.17) is 5.26 Å². The molecule has 1 N–H and O–H groups in total. The molecule has 1 saturated heterocycles. The number of benzene rings is 1. The van der Waals surface area contributed by atoms with Gasteiger partial charge in [-0.2, -0.15) is 5.26 Å². The van der Waals surface area contributed by atoms with Gasteiger partial charge in [0.25, 0.3) is 0 Å². The van der Waals surface area contributed by atoms with Crippen LogP contribution in [-0.2, 0) is 9.59 Å². The largest absolute Gasteiger partial charge is 0.339 e. The molecular formula is C18H22N4O2. The topological polar surface area (TPSA) is 76.4 Å². The van der Waals surface area contributed by atoms with E-state index in [1.54, 1.807) is 24.3 Å². The van der Waals surface area contributed by atoms with Crippen LogP contribution in [0.2, 0.25) is 0 Å². The standard InChI is InChI=1S/C18H22N4O2/c1-2-21-9-11-22(12-10-21)17(24)18(7-8-18)16(23)20-15-6-4-3-5-14(15)13-19/h3-6H,2,7-12H2,1H3,(H,20,23). The molecule has 1 aromatic carbocycles. The third kappa shape index (κ3) is 3.00. The van der Waals surface area contributed by atoms with Crippen molar-refractivity contribution in [3.8, 4) is 6.07 Å². The summed E-state index contributed by atoms with van der Waals surface area (Å²) in [6, 6.07) is 8.92. The summed E-state index contributed by atoms with van der Waals surface area (Å²) >= 11 is 0. The number of likely N-dealkylation sites (N-methyl/N-ethyl adjacent to an activating group) is 1. The summed E-state index contributed by atoms with van der Waals surface area (Å²) < 4.78 is 0. The lowest BCUT2D eigenvalue weighted by atomic mass is 10.0. The average molecular weight is 326 g/mol. The lowest BCUT2D eigenvalue weighted by Crippen LogP contribution is -2.52. The Morgan fingerprint density at radius 1 is 1.21 bits per heavy atom. The summed E-state index contributed by atoms with van der Waals surface area (Å²) in [5.74, 6) is -0.349. The van der Waals surface area contributed by atoms with Crippen LogP contribution in [0.25, 0.3) is 0 Å². The molecule has 1 aromatic rings. The highest BCUT2D eigenvalue weighted by Crippen LogP contribution is 2.48. The van der Waals surface area contributed by atoms with Gasteiger partial charge >= 0.3 is 0 Å². The Morgan fingerprint density at radius 2 is 1.88 bits per heavy atom. The maximum Gasteiger partial charge on any atom is 0.240 e. The van der Waals surface area contributed by atoms with Crippen molar-refractivity contribution in [2.24, 2.45) is 5.41 Å². The maximum atomic E-state index is 12.8. The summed E-state index contributed by atoms with van der Waals surface area (Å²) in [6.45, 7) is 6.17. The van der Waals surface area contributed by atoms with Crippen LogP contribution in [0, 0.1) is 16.7 Å². The molecule has 0 unspecified atom stereocenters. The van der Waals surface area contributed by atoms with Crippen LogP contribution in [0.4, 0.5) is 5.69 Å². The van der Waals surface area contributed by atoms with Gasteiger partial charge in [0.15, 0.2) is 0 Å². The van der Waals surface area contributed by atoms with Gasteiger partial charge in [0.1, 0.15) is 11.5 Å². The minimum absolute atomic E-state index is 0.0646. The summed E-state index contributed by atoms with van der Waals surface area (Å²) in [6.07, 6.45) is 1.17. The monoisotopic (exact) mass is 326 g/mol. The lowest BCUT2D eigenvalue weighted by molar-refractivity contribution is -0.143. The SMILES string of the molecule is CCN1CCN(C(=O)C2(C(=O)Nc3ccccc3C#N)CC2)CC1. The van der Waals surface area contributed by atoms with Gasteiger partial charge < -0.3 is 15.1 Å². The van der Waals surface area contributed by atoms with Crippen LogP contribution in [0.5, 0.6) is 0 Å². The van der Waals surface area contributed by atoms with Gasteiger partial charge in [-0.3, -0.25) is 9.59 Å². The van der Waals surface area contributed by atoms with Crippen LogP contribution < -0.4 is 5.32 Å². The van der Waals surface area contributed by atoms with Crippen molar-refractivity contribution in [3.63, 3.8) is 0 Å². The number of nitriles is 1. The Balaban J connectivity index is 1.68. The van der Waals surface area contributed by atoms with Crippen molar-refractivity contribution in [1.82, 2.24) is 9.80 Å². The maximum absolute atomic E-state index is 12.8. The molecule has 6 nitrogen and oxygen atoms in total. The second-order valence-corrected chi connectivity index (χ2v) is 6.42. The molecule has 0 bridgehead atoms. The fraction of sp³-hybridized carbons (Fsp3) is 0.500. The molecule has 1 heterocycles. The van der Waals surface area contributed by atoms with Crippen LogP contribution in [0.3, 0.4) is 0 Å². The van der Waals surface area contributed by atoms with Crippen molar-refractivity contribution in [1.29, 1.82) is 5.26 Å². The first-order valence-corrected chi connectivity index (χ1v) is 8.43. The van der Waals surface area contributed by atoms with Crippen LogP contribution in [0.1, 0.15) is 25.3 Å².